The van der Waals surface area contributed by atoms with Crippen LogP contribution in [-0.4, -0.2) is 4.98 Å². The van der Waals surface area contributed by atoms with Gasteiger partial charge in [0.25, 0.3) is 5.82 Å². The molecule has 0 spiro atoms. The summed E-state index contributed by atoms with van der Waals surface area (Å²) in [6.07, 6.45) is 0. The van der Waals surface area contributed by atoms with E-state index in [2.05, 4.69) is 25.9 Å². The Balaban J connectivity index is 2.00. The third-order valence-corrected chi connectivity index (χ3v) is 3.90. The van der Waals surface area contributed by atoms with Gasteiger partial charge in [-0.3, -0.25) is 0 Å². The Labute approximate surface area is 127 Å². The van der Waals surface area contributed by atoms with Crippen LogP contribution < -0.4 is 10.6 Å². The van der Waals surface area contributed by atoms with Crippen molar-refractivity contribution in [2.24, 2.45) is 0 Å². The number of halogens is 1. The summed E-state index contributed by atoms with van der Waals surface area (Å²) in [5.41, 5.74) is 2.58. The molecule has 0 saturated heterocycles. The molecule has 2 heterocycles. The van der Waals surface area contributed by atoms with Crippen LogP contribution in [0.25, 0.3) is 33.4 Å². The van der Waals surface area contributed by atoms with E-state index >= 15 is 0 Å². The van der Waals surface area contributed by atoms with Crippen molar-refractivity contribution in [3.8, 4) is 11.4 Å². The molecule has 2 aromatic carbocycles. The summed E-state index contributed by atoms with van der Waals surface area (Å²) >= 11 is 3.42. The Morgan fingerprint density at radius 2 is 1.95 bits per heavy atom. The molecule has 0 aliphatic rings. The predicted octanol–water partition coefficient (Wildman–Crippen LogP) is 3.52. The number of rotatable bonds is 1. The van der Waals surface area contributed by atoms with Gasteiger partial charge in [0.1, 0.15) is 11.1 Å². The minimum Gasteiger partial charge on any atom is -0.422 e. The molecule has 0 unspecified atom stereocenters. The number of aromatic nitrogens is 2. The third-order valence-electron chi connectivity index (χ3n) is 3.41. The number of hydrogen-bond acceptors (Lipinski definition) is 2. The predicted molar refractivity (Wildman–Crippen MR) is 84.0 cm³/mol. The average molecular weight is 342 g/mol. The fraction of sp³-hybridized carbons (Fsp3) is 0. The number of hydrogen-bond donors (Lipinski definition) is 1. The minimum atomic E-state index is -0.368. The molecular weight excluding hydrogens is 332 g/mol. The van der Waals surface area contributed by atoms with Crippen LogP contribution in [0, 0.1) is 0 Å². The van der Waals surface area contributed by atoms with Gasteiger partial charge in [-0.15, -0.1) is 0 Å². The summed E-state index contributed by atoms with van der Waals surface area (Å²) in [5.74, 6) is 0.645. The van der Waals surface area contributed by atoms with Gasteiger partial charge in [-0.2, -0.15) is 0 Å². The standard InChI is InChI=1S/C16H9BrN2O2/c17-10-5-6-14-9(7-10)8-11(16(20)21-14)15-18-12-3-1-2-4-13(12)19-15/h1-8H,(H,18,19)/p+1. The van der Waals surface area contributed by atoms with Gasteiger partial charge < -0.3 is 4.42 Å². The number of imidazole rings is 1. The van der Waals surface area contributed by atoms with Crippen molar-refractivity contribution in [3.63, 3.8) is 0 Å². The normalized spacial score (nSPS) is 11.3. The zero-order chi connectivity index (χ0) is 14.4. The number of nitrogens with one attached hydrogen (secondary N) is 2. The van der Waals surface area contributed by atoms with Gasteiger partial charge in [-0.1, -0.05) is 28.1 Å². The fourth-order valence-corrected chi connectivity index (χ4v) is 2.78. The van der Waals surface area contributed by atoms with Crippen molar-refractivity contribution >= 4 is 37.9 Å². The lowest BCUT2D eigenvalue weighted by Crippen LogP contribution is -2.10. The first-order valence-corrected chi connectivity index (χ1v) is 7.24. The molecule has 102 valence electrons. The highest BCUT2D eigenvalue weighted by atomic mass is 79.9. The molecule has 2 aromatic heterocycles. The summed E-state index contributed by atoms with van der Waals surface area (Å²) in [6.45, 7) is 0. The Morgan fingerprint density at radius 3 is 2.81 bits per heavy atom. The first-order chi connectivity index (χ1) is 10.2. The summed E-state index contributed by atoms with van der Waals surface area (Å²) in [5, 5.41) is 0.867. The molecule has 5 heteroatoms. The van der Waals surface area contributed by atoms with Gasteiger partial charge in [0.05, 0.1) is 0 Å². The number of para-hydroxylation sites is 2. The van der Waals surface area contributed by atoms with Crippen LogP contribution in [0.15, 0.2) is 62.2 Å². The third kappa shape index (κ3) is 2.06. The van der Waals surface area contributed by atoms with Gasteiger partial charge in [0.15, 0.2) is 11.0 Å². The van der Waals surface area contributed by atoms with E-state index in [9.17, 15) is 4.79 Å². The van der Waals surface area contributed by atoms with E-state index < -0.39 is 0 Å². The van der Waals surface area contributed by atoms with Gasteiger partial charge >= 0.3 is 5.63 Å². The molecule has 0 amide bonds. The van der Waals surface area contributed by atoms with Crippen molar-refractivity contribution in [1.29, 1.82) is 0 Å². The Kier molecular flexibility index (Phi) is 2.68. The maximum Gasteiger partial charge on any atom is 0.351 e. The zero-order valence-corrected chi connectivity index (χ0v) is 12.4. The smallest absolute Gasteiger partial charge is 0.351 e. The Bertz CT molecular complexity index is 1000. The molecule has 4 rings (SSSR count). The average Bonchev–Trinajstić information content (AvgIpc) is 2.90. The van der Waals surface area contributed by atoms with Crippen molar-refractivity contribution in [1.82, 2.24) is 4.98 Å². The number of aromatic amines is 2. The summed E-state index contributed by atoms with van der Waals surface area (Å²) < 4.78 is 6.32. The molecule has 21 heavy (non-hydrogen) atoms. The number of fused-ring (bicyclic) bond motifs is 2. The lowest BCUT2D eigenvalue weighted by molar-refractivity contribution is -0.330. The largest absolute Gasteiger partial charge is 0.422 e. The lowest BCUT2D eigenvalue weighted by Gasteiger charge is -1.98. The van der Waals surface area contributed by atoms with Crippen LogP contribution in [0.2, 0.25) is 0 Å². The van der Waals surface area contributed by atoms with E-state index in [0.29, 0.717) is 17.0 Å². The fourth-order valence-electron chi connectivity index (χ4n) is 2.40. The maximum atomic E-state index is 12.2. The van der Waals surface area contributed by atoms with E-state index in [1.165, 1.54) is 0 Å². The van der Waals surface area contributed by atoms with Crippen molar-refractivity contribution in [2.45, 2.75) is 0 Å². The van der Waals surface area contributed by atoms with Gasteiger partial charge in [0.2, 0.25) is 0 Å². The van der Waals surface area contributed by atoms with Crippen LogP contribution in [0.3, 0.4) is 0 Å². The quantitative estimate of drug-likeness (QED) is 0.538. The highest BCUT2D eigenvalue weighted by Crippen LogP contribution is 2.22. The van der Waals surface area contributed by atoms with Crippen molar-refractivity contribution in [3.05, 3.63) is 63.4 Å². The van der Waals surface area contributed by atoms with Crippen LogP contribution in [0.1, 0.15) is 0 Å². The van der Waals surface area contributed by atoms with E-state index in [0.717, 1.165) is 20.9 Å². The molecule has 0 bridgehead atoms. The van der Waals surface area contributed by atoms with Crippen LogP contribution in [0.5, 0.6) is 0 Å². The molecule has 0 fully saturated rings. The monoisotopic (exact) mass is 341 g/mol. The topological polar surface area (TPSA) is 60.1 Å². The molecule has 0 radical (unpaired) electrons. The second-order valence-corrected chi connectivity index (χ2v) is 5.72. The summed E-state index contributed by atoms with van der Waals surface area (Å²) in [7, 11) is 0. The van der Waals surface area contributed by atoms with Crippen LogP contribution >= 0.6 is 15.9 Å². The van der Waals surface area contributed by atoms with E-state index in [-0.39, 0.29) is 5.63 Å². The van der Waals surface area contributed by atoms with Gasteiger partial charge in [-0.25, -0.2) is 14.8 Å². The van der Waals surface area contributed by atoms with Gasteiger partial charge in [0, 0.05) is 9.86 Å². The Hall–Kier alpha value is -2.40. The van der Waals surface area contributed by atoms with Gasteiger partial charge in [-0.05, 0) is 36.4 Å². The zero-order valence-electron chi connectivity index (χ0n) is 10.8. The highest BCUT2D eigenvalue weighted by molar-refractivity contribution is 9.10. The molecular formula is C16H10BrN2O2+. The van der Waals surface area contributed by atoms with Crippen LogP contribution in [0.4, 0.5) is 0 Å². The summed E-state index contributed by atoms with van der Waals surface area (Å²) in [4.78, 5) is 18.6. The van der Waals surface area contributed by atoms with Crippen molar-refractivity contribution < 1.29 is 9.40 Å². The Morgan fingerprint density at radius 1 is 1.10 bits per heavy atom. The molecule has 0 aliphatic carbocycles. The second-order valence-electron chi connectivity index (χ2n) is 4.80. The molecule has 0 aliphatic heterocycles. The van der Waals surface area contributed by atoms with E-state index in [1.54, 1.807) is 6.07 Å². The molecule has 0 saturated carbocycles. The maximum absolute atomic E-state index is 12.2. The number of benzene rings is 2. The van der Waals surface area contributed by atoms with E-state index in [1.807, 2.05) is 42.5 Å². The lowest BCUT2D eigenvalue weighted by atomic mass is 10.2. The van der Waals surface area contributed by atoms with Crippen molar-refractivity contribution in [2.75, 3.05) is 0 Å². The minimum absolute atomic E-state index is 0.368. The first kappa shape index (κ1) is 12.3. The SMILES string of the molecule is O=c1oc2ccc(Br)cc2cc1-c1[nH]c2ccccc2[nH+]1. The second kappa shape index (κ2) is 4.56. The van der Waals surface area contributed by atoms with E-state index in [4.69, 9.17) is 4.42 Å². The molecule has 4 nitrogen and oxygen atoms in total. The first-order valence-electron chi connectivity index (χ1n) is 6.44. The van der Waals surface area contributed by atoms with Crippen LogP contribution in [-0.2, 0) is 0 Å². The summed E-state index contributed by atoms with van der Waals surface area (Å²) in [6, 6.07) is 15.2. The molecule has 0 atom stereocenters. The molecule has 2 N–H and O–H groups in total. The molecule has 4 aromatic rings. The number of H-pyrrole nitrogens is 2. The highest BCUT2D eigenvalue weighted by Gasteiger charge is 2.17.